The molecule has 1 fully saturated rings. The molecular weight excluding hydrogens is 200 g/mol. The van der Waals surface area contributed by atoms with Gasteiger partial charge in [0.05, 0.1) is 0 Å². The molecule has 1 heterocycles. The monoisotopic (exact) mass is 216 g/mol. The molecule has 0 aromatic carbocycles. The summed E-state index contributed by atoms with van der Waals surface area (Å²) in [6.45, 7) is 4.87. The van der Waals surface area contributed by atoms with Crippen LogP contribution >= 0.6 is 0 Å². The van der Waals surface area contributed by atoms with E-state index in [4.69, 9.17) is 14.9 Å². The molecule has 0 unspecified atom stereocenters. The Balaban J connectivity index is 3.00. The van der Waals surface area contributed by atoms with Crippen LogP contribution < -0.4 is 0 Å². The van der Waals surface area contributed by atoms with E-state index in [2.05, 4.69) is 0 Å². The predicted octanol–water partition coefficient (Wildman–Crippen LogP) is 1.12. The Morgan fingerprint density at radius 3 is 1.93 bits per heavy atom. The molecule has 5 nitrogen and oxygen atoms in total. The summed E-state index contributed by atoms with van der Waals surface area (Å²) >= 11 is 0. The summed E-state index contributed by atoms with van der Waals surface area (Å²) in [6, 6.07) is 0. The molecule has 86 valence electrons. The Bertz CT molecular complexity index is 298. The van der Waals surface area contributed by atoms with E-state index in [1.807, 2.05) is 0 Å². The van der Waals surface area contributed by atoms with Crippen LogP contribution in [0.1, 0.15) is 33.6 Å². The highest BCUT2D eigenvalue weighted by atomic mass is 16.6. The molecule has 0 radical (unpaired) electrons. The summed E-state index contributed by atoms with van der Waals surface area (Å²) in [5.41, 5.74) is -2.73. The van der Waals surface area contributed by atoms with Gasteiger partial charge < -0.3 is 14.9 Å². The largest absolute Gasteiger partial charge is 0.479 e. The molecule has 1 aliphatic heterocycles. The number of carbonyl (C=O) groups is 2. The Morgan fingerprint density at radius 2 is 1.73 bits per heavy atom. The summed E-state index contributed by atoms with van der Waals surface area (Å²) in [5, 5.41) is 18.1. The van der Waals surface area contributed by atoms with Crippen LogP contribution in [-0.4, -0.2) is 33.4 Å². The Kier molecular flexibility index (Phi) is 2.78. The van der Waals surface area contributed by atoms with Gasteiger partial charge in [-0.3, -0.25) is 0 Å². The fraction of sp³-hybridized carbons (Fsp3) is 0.800. The minimum absolute atomic E-state index is 0.229. The molecule has 1 aliphatic rings. The minimum Gasteiger partial charge on any atom is -0.479 e. The van der Waals surface area contributed by atoms with E-state index >= 15 is 0 Å². The average Bonchev–Trinajstić information content (AvgIpc) is 2.46. The van der Waals surface area contributed by atoms with Gasteiger partial charge in [-0.05, 0) is 25.7 Å². The molecule has 0 spiro atoms. The van der Waals surface area contributed by atoms with Gasteiger partial charge in [0.1, 0.15) is 0 Å². The number of rotatable bonds is 3. The third-order valence-corrected chi connectivity index (χ3v) is 3.13. The lowest BCUT2D eigenvalue weighted by Gasteiger charge is -2.30. The van der Waals surface area contributed by atoms with Crippen LogP contribution in [-0.2, 0) is 14.3 Å². The SMILES string of the molecule is CC(C)[C@]1(C(=O)O)CC[C@@](C)(C(=O)O)O1. The fourth-order valence-corrected chi connectivity index (χ4v) is 1.88. The van der Waals surface area contributed by atoms with E-state index in [1.165, 1.54) is 6.92 Å². The molecule has 0 saturated carbocycles. The lowest BCUT2D eigenvalue weighted by atomic mass is 9.87. The maximum absolute atomic E-state index is 11.2. The molecular formula is C10H16O5. The van der Waals surface area contributed by atoms with Crippen molar-refractivity contribution in [3.05, 3.63) is 0 Å². The van der Waals surface area contributed by atoms with Crippen molar-refractivity contribution in [2.24, 2.45) is 5.92 Å². The molecule has 0 aromatic rings. The van der Waals surface area contributed by atoms with Gasteiger partial charge in [0.15, 0.2) is 11.2 Å². The van der Waals surface area contributed by atoms with Crippen molar-refractivity contribution in [3.63, 3.8) is 0 Å². The summed E-state index contributed by atoms with van der Waals surface area (Å²) in [4.78, 5) is 22.1. The quantitative estimate of drug-likeness (QED) is 0.738. The normalized spacial score (nSPS) is 35.7. The van der Waals surface area contributed by atoms with E-state index in [9.17, 15) is 9.59 Å². The molecule has 15 heavy (non-hydrogen) atoms. The molecule has 0 bridgehead atoms. The van der Waals surface area contributed by atoms with Crippen molar-refractivity contribution in [3.8, 4) is 0 Å². The van der Waals surface area contributed by atoms with Crippen molar-refractivity contribution >= 4 is 11.9 Å². The summed E-state index contributed by atoms with van der Waals surface area (Å²) in [7, 11) is 0. The summed E-state index contributed by atoms with van der Waals surface area (Å²) in [5.74, 6) is -2.44. The van der Waals surface area contributed by atoms with Gasteiger partial charge >= 0.3 is 11.9 Å². The van der Waals surface area contributed by atoms with Gasteiger partial charge in [0.2, 0.25) is 0 Å². The maximum Gasteiger partial charge on any atom is 0.336 e. The zero-order chi connectivity index (χ0) is 11.9. The van der Waals surface area contributed by atoms with E-state index in [-0.39, 0.29) is 18.8 Å². The fourth-order valence-electron chi connectivity index (χ4n) is 1.88. The van der Waals surface area contributed by atoms with Gasteiger partial charge in [-0.25, -0.2) is 9.59 Å². The first-order valence-corrected chi connectivity index (χ1v) is 4.91. The molecule has 1 saturated heterocycles. The van der Waals surface area contributed by atoms with Crippen LogP contribution in [0, 0.1) is 5.92 Å². The van der Waals surface area contributed by atoms with E-state index in [1.54, 1.807) is 13.8 Å². The predicted molar refractivity (Wildman–Crippen MR) is 51.6 cm³/mol. The van der Waals surface area contributed by atoms with Crippen molar-refractivity contribution in [2.45, 2.75) is 44.8 Å². The highest BCUT2D eigenvalue weighted by molar-refractivity contribution is 5.82. The first-order chi connectivity index (χ1) is 6.74. The van der Waals surface area contributed by atoms with Crippen molar-refractivity contribution in [1.29, 1.82) is 0 Å². The highest BCUT2D eigenvalue weighted by Crippen LogP contribution is 2.42. The molecule has 0 amide bonds. The third kappa shape index (κ3) is 1.71. The zero-order valence-corrected chi connectivity index (χ0v) is 9.11. The number of ether oxygens (including phenoxy) is 1. The highest BCUT2D eigenvalue weighted by Gasteiger charge is 2.56. The van der Waals surface area contributed by atoms with Gasteiger partial charge in [-0.2, -0.15) is 0 Å². The molecule has 0 aliphatic carbocycles. The van der Waals surface area contributed by atoms with Gasteiger partial charge in [-0.15, -0.1) is 0 Å². The first-order valence-electron chi connectivity index (χ1n) is 4.91. The summed E-state index contributed by atoms with van der Waals surface area (Å²) < 4.78 is 5.32. The third-order valence-electron chi connectivity index (χ3n) is 3.13. The standard InChI is InChI=1S/C10H16O5/c1-6(2)10(8(13)14)5-4-9(3,15-10)7(11)12/h6H,4-5H2,1-3H3,(H,11,12)(H,13,14)/t9-,10-/m0/s1. The summed E-state index contributed by atoms with van der Waals surface area (Å²) in [6.07, 6.45) is 0.468. The lowest BCUT2D eigenvalue weighted by molar-refractivity contribution is -0.190. The maximum atomic E-state index is 11.2. The number of hydrogen-bond acceptors (Lipinski definition) is 3. The second-order valence-electron chi connectivity index (χ2n) is 4.49. The smallest absolute Gasteiger partial charge is 0.336 e. The topological polar surface area (TPSA) is 83.8 Å². The van der Waals surface area contributed by atoms with Crippen LogP contribution in [0.15, 0.2) is 0 Å². The Morgan fingerprint density at radius 1 is 1.20 bits per heavy atom. The molecule has 1 rings (SSSR count). The van der Waals surface area contributed by atoms with Gasteiger partial charge in [0.25, 0.3) is 0 Å². The minimum atomic E-state index is -1.37. The number of hydrogen-bond donors (Lipinski definition) is 2. The number of aliphatic carboxylic acids is 2. The van der Waals surface area contributed by atoms with Crippen molar-refractivity contribution in [2.75, 3.05) is 0 Å². The second-order valence-corrected chi connectivity index (χ2v) is 4.49. The second kappa shape index (κ2) is 3.48. The van der Waals surface area contributed by atoms with Gasteiger partial charge in [-0.1, -0.05) is 13.8 Å². The Labute approximate surface area is 88.0 Å². The number of carboxylic acids is 2. The van der Waals surface area contributed by atoms with Crippen LogP contribution in [0.25, 0.3) is 0 Å². The zero-order valence-electron chi connectivity index (χ0n) is 9.11. The van der Waals surface area contributed by atoms with Crippen LogP contribution in [0.4, 0.5) is 0 Å². The van der Waals surface area contributed by atoms with Crippen molar-refractivity contribution < 1.29 is 24.5 Å². The lowest BCUT2D eigenvalue weighted by Crippen LogP contribution is -2.47. The molecule has 5 heteroatoms. The molecule has 0 aromatic heterocycles. The van der Waals surface area contributed by atoms with E-state index < -0.39 is 23.1 Å². The van der Waals surface area contributed by atoms with E-state index in [0.717, 1.165) is 0 Å². The Hall–Kier alpha value is -1.10. The van der Waals surface area contributed by atoms with Crippen LogP contribution in [0.2, 0.25) is 0 Å². The van der Waals surface area contributed by atoms with Crippen LogP contribution in [0.3, 0.4) is 0 Å². The first kappa shape index (κ1) is 12.0. The average molecular weight is 216 g/mol. The molecule has 2 atom stereocenters. The van der Waals surface area contributed by atoms with Crippen LogP contribution in [0.5, 0.6) is 0 Å². The van der Waals surface area contributed by atoms with Crippen molar-refractivity contribution in [1.82, 2.24) is 0 Å². The number of carboxylic acid groups (broad SMARTS) is 2. The van der Waals surface area contributed by atoms with Gasteiger partial charge in [0, 0.05) is 0 Å². The molecule has 2 N–H and O–H groups in total. The van der Waals surface area contributed by atoms with E-state index in [0.29, 0.717) is 0 Å².